The summed E-state index contributed by atoms with van der Waals surface area (Å²) in [5.74, 6) is 0.364. The second kappa shape index (κ2) is 9.71. The highest BCUT2D eigenvalue weighted by atomic mass is 16.2. The first kappa shape index (κ1) is 23.1. The van der Waals surface area contributed by atoms with Crippen LogP contribution in [0.1, 0.15) is 47.0 Å². The van der Waals surface area contributed by atoms with E-state index in [1.165, 1.54) is 0 Å². The van der Waals surface area contributed by atoms with E-state index in [1.54, 1.807) is 4.90 Å². The lowest BCUT2D eigenvalue weighted by Crippen LogP contribution is -2.57. The summed E-state index contributed by atoms with van der Waals surface area (Å²) in [6, 6.07) is 9.90. The lowest BCUT2D eigenvalue weighted by molar-refractivity contribution is -0.141. The Kier molecular flexibility index (Phi) is 7.23. The Morgan fingerprint density at radius 3 is 2.32 bits per heavy atom. The molecule has 7 heteroatoms. The molecule has 1 N–H and O–H groups in total. The van der Waals surface area contributed by atoms with E-state index in [4.69, 9.17) is 0 Å². The van der Waals surface area contributed by atoms with Gasteiger partial charge in [-0.25, -0.2) is 0 Å². The molecule has 0 aromatic heterocycles. The fourth-order valence-corrected chi connectivity index (χ4v) is 4.45. The average molecular weight is 429 g/mol. The SMILES string of the molecule is CC[C@@H](C)CNC(=O)CN1CN(c2ccccc2)C2(CCN(C(=O)C(C)C)CC2)C1=O. The van der Waals surface area contributed by atoms with Crippen molar-refractivity contribution in [3.63, 3.8) is 0 Å². The van der Waals surface area contributed by atoms with Gasteiger partial charge in [-0.15, -0.1) is 0 Å². The molecular weight excluding hydrogens is 392 g/mol. The van der Waals surface area contributed by atoms with Gasteiger partial charge in [-0.2, -0.15) is 0 Å². The minimum absolute atomic E-state index is 0.00770. The van der Waals surface area contributed by atoms with E-state index in [-0.39, 0.29) is 30.2 Å². The smallest absolute Gasteiger partial charge is 0.250 e. The maximum atomic E-state index is 13.6. The summed E-state index contributed by atoms with van der Waals surface area (Å²) in [5, 5.41) is 2.96. The summed E-state index contributed by atoms with van der Waals surface area (Å²) in [5.41, 5.74) is 0.272. The minimum atomic E-state index is -0.702. The summed E-state index contributed by atoms with van der Waals surface area (Å²) in [4.78, 5) is 44.3. The number of nitrogens with one attached hydrogen (secondary N) is 1. The summed E-state index contributed by atoms with van der Waals surface area (Å²) < 4.78 is 0. The second-order valence-electron chi connectivity index (χ2n) is 9.24. The van der Waals surface area contributed by atoms with Crippen molar-refractivity contribution in [2.75, 3.05) is 37.7 Å². The van der Waals surface area contributed by atoms with Crippen molar-refractivity contribution in [1.82, 2.24) is 15.1 Å². The molecule has 0 unspecified atom stereocenters. The number of piperidine rings is 1. The molecule has 0 saturated carbocycles. The number of benzene rings is 1. The van der Waals surface area contributed by atoms with Crippen LogP contribution in [0.5, 0.6) is 0 Å². The summed E-state index contributed by atoms with van der Waals surface area (Å²) in [7, 11) is 0. The van der Waals surface area contributed by atoms with Gasteiger partial charge in [0.05, 0.1) is 6.67 Å². The van der Waals surface area contributed by atoms with Crippen LogP contribution < -0.4 is 10.2 Å². The van der Waals surface area contributed by atoms with Crippen molar-refractivity contribution < 1.29 is 14.4 Å². The van der Waals surface area contributed by atoms with Crippen LogP contribution in [0.25, 0.3) is 0 Å². The number of carbonyl (C=O) groups is 3. The number of amides is 3. The van der Waals surface area contributed by atoms with E-state index >= 15 is 0 Å². The van der Waals surface area contributed by atoms with E-state index < -0.39 is 5.54 Å². The molecule has 1 spiro atoms. The monoisotopic (exact) mass is 428 g/mol. The number of rotatable bonds is 7. The number of nitrogens with zero attached hydrogens (tertiary/aromatic N) is 3. The van der Waals surface area contributed by atoms with Gasteiger partial charge in [-0.3, -0.25) is 14.4 Å². The number of likely N-dealkylation sites (tertiary alicyclic amines) is 1. The molecule has 0 bridgehead atoms. The van der Waals surface area contributed by atoms with Crippen LogP contribution in [0.4, 0.5) is 5.69 Å². The lowest BCUT2D eigenvalue weighted by atomic mass is 9.85. The van der Waals surface area contributed by atoms with Gasteiger partial charge >= 0.3 is 0 Å². The highest BCUT2D eigenvalue weighted by molar-refractivity contribution is 5.96. The predicted molar refractivity (Wildman–Crippen MR) is 121 cm³/mol. The molecule has 2 saturated heterocycles. The molecule has 0 radical (unpaired) electrons. The molecule has 0 aliphatic carbocycles. The molecule has 2 heterocycles. The number of anilines is 1. The maximum absolute atomic E-state index is 13.6. The Morgan fingerprint density at radius 2 is 1.74 bits per heavy atom. The van der Waals surface area contributed by atoms with E-state index in [9.17, 15) is 14.4 Å². The molecule has 3 rings (SSSR count). The van der Waals surface area contributed by atoms with Crippen LogP contribution in [0.15, 0.2) is 30.3 Å². The highest BCUT2D eigenvalue weighted by Gasteiger charge is 2.54. The summed E-state index contributed by atoms with van der Waals surface area (Å²) in [6.45, 7) is 10.2. The van der Waals surface area contributed by atoms with Gasteiger partial charge in [-0.1, -0.05) is 52.3 Å². The van der Waals surface area contributed by atoms with Crippen molar-refractivity contribution in [2.24, 2.45) is 11.8 Å². The minimum Gasteiger partial charge on any atom is -0.354 e. The molecule has 7 nitrogen and oxygen atoms in total. The number of carbonyl (C=O) groups excluding carboxylic acids is 3. The van der Waals surface area contributed by atoms with Crippen molar-refractivity contribution in [1.29, 1.82) is 0 Å². The summed E-state index contributed by atoms with van der Waals surface area (Å²) >= 11 is 0. The second-order valence-corrected chi connectivity index (χ2v) is 9.24. The predicted octanol–water partition coefficient (Wildman–Crippen LogP) is 2.47. The van der Waals surface area contributed by atoms with Gasteiger partial charge in [0, 0.05) is 31.2 Å². The van der Waals surface area contributed by atoms with Crippen LogP contribution in [-0.2, 0) is 14.4 Å². The maximum Gasteiger partial charge on any atom is 0.250 e. The molecule has 2 aliphatic rings. The molecule has 2 fully saturated rings. The van der Waals surface area contributed by atoms with Gasteiger partial charge < -0.3 is 20.0 Å². The van der Waals surface area contributed by atoms with Gasteiger partial charge in [0.1, 0.15) is 12.1 Å². The number of hydrogen-bond acceptors (Lipinski definition) is 4. The molecule has 31 heavy (non-hydrogen) atoms. The van der Waals surface area contributed by atoms with Gasteiger partial charge in [-0.05, 0) is 30.9 Å². The van der Waals surface area contributed by atoms with Gasteiger partial charge in [0.15, 0.2) is 0 Å². The van der Waals surface area contributed by atoms with Crippen LogP contribution in [0.3, 0.4) is 0 Å². The van der Waals surface area contributed by atoms with Crippen molar-refractivity contribution in [3.05, 3.63) is 30.3 Å². The zero-order valence-electron chi connectivity index (χ0n) is 19.3. The first-order valence-corrected chi connectivity index (χ1v) is 11.5. The molecule has 1 aromatic rings. The van der Waals surface area contributed by atoms with Crippen LogP contribution in [0, 0.1) is 11.8 Å². The summed E-state index contributed by atoms with van der Waals surface area (Å²) in [6.07, 6.45) is 2.15. The Hall–Kier alpha value is -2.57. The van der Waals surface area contributed by atoms with E-state index in [0.29, 0.717) is 45.1 Å². The van der Waals surface area contributed by atoms with Gasteiger partial charge in [0.2, 0.25) is 11.8 Å². The number of hydrogen-bond donors (Lipinski definition) is 1. The lowest BCUT2D eigenvalue weighted by Gasteiger charge is -2.43. The normalized spacial score (nSPS) is 19.3. The average Bonchev–Trinajstić information content (AvgIpc) is 3.04. The molecular formula is C24H36N4O3. The van der Waals surface area contributed by atoms with Crippen LogP contribution in [-0.4, -0.2) is 65.9 Å². The number of para-hydroxylation sites is 1. The Balaban J connectivity index is 1.77. The molecule has 1 atom stereocenters. The zero-order valence-corrected chi connectivity index (χ0v) is 19.3. The first-order chi connectivity index (χ1) is 14.8. The standard InChI is InChI=1S/C24H36N4O3/c1-5-19(4)15-25-21(29)16-27-17-28(20-9-7-6-8-10-20)24(23(27)31)11-13-26(14-12-24)22(30)18(2)3/h6-10,18-19H,5,11-17H2,1-4H3,(H,25,29)/t19-/m1/s1. The Morgan fingerprint density at radius 1 is 1.10 bits per heavy atom. The molecule has 170 valence electrons. The third-order valence-electron chi connectivity index (χ3n) is 6.66. The van der Waals surface area contributed by atoms with Crippen molar-refractivity contribution in [3.8, 4) is 0 Å². The van der Waals surface area contributed by atoms with E-state index in [1.807, 2.05) is 49.1 Å². The van der Waals surface area contributed by atoms with E-state index in [2.05, 4.69) is 24.1 Å². The highest BCUT2D eigenvalue weighted by Crippen LogP contribution is 2.39. The van der Waals surface area contributed by atoms with Crippen molar-refractivity contribution >= 4 is 23.4 Å². The third-order valence-corrected chi connectivity index (χ3v) is 6.66. The zero-order chi connectivity index (χ0) is 22.6. The Labute approximate surface area is 185 Å². The first-order valence-electron chi connectivity index (χ1n) is 11.5. The fourth-order valence-electron chi connectivity index (χ4n) is 4.45. The molecule has 1 aromatic carbocycles. The van der Waals surface area contributed by atoms with E-state index in [0.717, 1.165) is 12.1 Å². The Bertz CT molecular complexity index is 787. The topological polar surface area (TPSA) is 73.0 Å². The largest absolute Gasteiger partial charge is 0.354 e. The van der Waals surface area contributed by atoms with Crippen LogP contribution >= 0.6 is 0 Å². The third kappa shape index (κ3) is 4.86. The van der Waals surface area contributed by atoms with Crippen molar-refractivity contribution in [2.45, 2.75) is 52.5 Å². The quantitative estimate of drug-likeness (QED) is 0.724. The van der Waals surface area contributed by atoms with Gasteiger partial charge in [0.25, 0.3) is 5.91 Å². The van der Waals surface area contributed by atoms with Crippen LogP contribution in [0.2, 0.25) is 0 Å². The molecule has 2 aliphatic heterocycles. The fraction of sp³-hybridized carbons (Fsp3) is 0.625. The molecule has 3 amide bonds.